The van der Waals surface area contributed by atoms with Crippen LogP contribution >= 0.6 is 0 Å². The van der Waals surface area contributed by atoms with E-state index >= 15 is 0 Å². The lowest BCUT2D eigenvalue weighted by atomic mass is 9.84. The predicted molar refractivity (Wildman–Crippen MR) is 107 cm³/mol. The smallest absolute Gasteiger partial charge is 0.210 e. The van der Waals surface area contributed by atoms with Crippen LogP contribution in [-0.2, 0) is 6.42 Å². The van der Waals surface area contributed by atoms with Crippen LogP contribution in [0.2, 0.25) is 0 Å². The number of nitrogens with one attached hydrogen (secondary N) is 1. The largest absolute Gasteiger partial charge is 0.381 e. The van der Waals surface area contributed by atoms with Gasteiger partial charge in [0.15, 0.2) is 5.78 Å². The maximum absolute atomic E-state index is 13.2. The van der Waals surface area contributed by atoms with E-state index < -0.39 is 0 Å². The Labute approximate surface area is 158 Å². The first-order chi connectivity index (χ1) is 13.3. The van der Waals surface area contributed by atoms with Gasteiger partial charge in [0.05, 0.1) is 11.3 Å². The minimum Gasteiger partial charge on any atom is -0.381 e. The van der Waals surface area contributed by atoms with Gasteiger partial charge in [0.1, 0.15) is 0 Å². The number of allylic oxidation sites excluding steroid dienone is 2. The normalized spacial score (nSPS) is 13.5. The van der Waals surface area contributed by atoms with E-state index in [0.717, 1.165) is 12.0 Å². The molecule has 0 heterocycles. The first kappa shape index (κ1) is 17.0. The Balaban J connectivity index is 1.71. The summed E-state index contributed by atoms with van der Waals surface area (Å²) < 4.78 is 0. The van der Waals surface area contributed by atoms with Crippen molar-refractivity contribution in [1.29, 1.82) is 0 Å². The molecule has 3 heteroatoms. The molecule has 3 nitrogen and oxygen atoms in total. The Morgan fingerprint density at radius 2 is 1.19 bits per heavy atom. The molecule has 0 spiro atoms. The summed E-state index contributed by atoms with van der Waals surface area (Å²) in [6.07, 6.45) is 0.773. The number of benzene rings is 3. The van der Waals surface area contributed by atoms with Crippen LogP contribution in [0.1, 0.15) is 31.8 Å². The highest BCUT2D eigenvalue weighted by Crippen LogP contribution is 2.31. The van der Waals surface area contributed by atoms with Gasteiger partial charge in [-0.3, -0.25) is 9.59 Å². The molecule has 0 saturated carbocycles. The van der Waals surface area contributed by atoms with Crippen molar-refractivity contribution in [1.82, 2.24) is 5.32 Å². The first-order valence-corrected chi connectivity index (χ1v) is 9.01. The van der Waals surface area contributed by atoms with Gasteiger partial charge in [0, 0.05) is 17.7 Å². The summed E-state index contributed by atoms with van der Waals surface area (Å²) in [7, 11) is 0. The zero-order valence-corrected chi connectivity index (χ0v) is 14.8. The molecule has 1 N–H and O–H groups in total. The zero-order chi connectivity index (χ0) is 18.6. The van der Waals surface area contributed by atoms with Crippen molar-refractivity contribution < 1.29 is 9.59 Å². The lowest BCUT2D eigenvalue weighted by Crippen LogP contribution is -2.31. The minimum atomic E-state index is -0.128. The molecule has 0 radical (unpaired) electrons. The summed E-state index contributed by atoms with van der Waals surface area (Å²) >= 11 is 0. The van der Waals surface area contributed by atoms with E-state index in [0.29, 0.717) is 28.9 Å². The third-order valence-corrected chi connectivity index (χ3v) is 4.74. The summed E-state index contributed by atoms with van der Waals surface area (Å²) in [5.41, 5.74) is 3.71. The van der Waals surface area contributed by atoms with Crippen LogP contribution in [0.5, 0.6) is 0 Å². The molecule has 0 amide bonds. The highest BCUT2D eigenvalue weighted by atomic mass is 16.1. The third-order valence-electron chi connectivity index (χ3n) is 4.74. The summed E-state index contributed by atoms with van der Waals surface area (Å²) in [6.45, 7) is 0.580. The van der Waals surface area contributed by atoms with Crippen LogP contribution in [-0.4, -0.2) is 18.1 Å². The molecule has 0 aliphatic heterocycles. The van der Waals surface area contributed by atoms with Gasteiger partial charge in [0.2, 0.25) is 5.78 Å². The number of hydrogen-bond donors (Lipinski definition) is 1. The Bertz CT molecular complexity index is 1020. The molecule has 3 aromatic rings. The maximum Gasteiger partial charge on any atom is 0.210 e. The van der Waals surface area contributed by atoms with Crippen LogP contribution in [0.25, 0.3) is 5.57 Å². The molecule has 0 bridgehead atoms. The lowest BCUT2D eigenvalue weighted by molar-refractivity contribution is 0.0985. The standard InChI is InChI=1S/C24H19NO2/c26-23-19-13-7-8-14-20(19)24(27)22(21(23)18-11-5-2-6-12-18)25-16-15-17-9-3-1-4-10-17/h1-14,25H,15-16H2. The summed E-state index contributed by atoms with van der Waals surface area (Å²) in [6, 6.07) is 26.5. The van der Waals surface area contributed by atoms with E-state index in [4.69, 9.17) is 0 Å². The lowest BCUT2D eigenvalue weighted by Gasteiger charge is -2.22. The number of ketones is 2. The average Bonchev–Trinajstić information content (AvgIpc) is 2.73. The molecule has 1 aliphatic carbocycles. The quantitative estimate of drug-likeness (QED) is 0.743. The van der Waals surface area contributed by atoms with E-state index in [9.17, 15) is 9.59 Å². The van der Waals surface area contributed by atoms with Crippen molar-refractivity contribution in [2.75, 3.05) is 6.54 Å². The molecule has 132 valence electrons. The highest BCUT2D eigenvalue weighted by molar-refractivity contribution is 6.40. The zero-order valence-electron chi connectivity index (χ0n) is 14.8. The van der Waals surface area contributed by atoms with Crippen molar-refractivity contribution in [2.45, 2.75) is 6.42 Å². The molecule has 0 aromatic heterocycles. The van der Waals surface area contributed by atoms with Crippen molar-refractivity contribution in [3.05, 3.63) is 113 Å². The second-order valence-electron chi connectivity index (χ2n) is 6.48. The van der Waals surface area contributed by atoms with Gasteiger partial charge in [0.25, 0.3) is 0 Å². The van der Waals surface area contributed by atoms with Gasteiger partial charge in [-0.1, -0.05) is 84.9 Å². The molecule has 3 aromatic carbocycles. The molecule has 0 fully saturated rings. The third kappa shape index (κ3) is 3.32. The number of carbonyl (C=O) groups excluding carboxylic acids is 2. The van der Waals surface area contributed by atoms with Crippen LogP contribution in [0.3, 0.4) is 0 Å². The Kier molecular flexibility index (Phi) is 4.67. The monoisotopic (exact) mass is 353 g/mol. The van der Waals surface area contributed by atoms with Crippen molar-refractivity contribution >= 4 is 17.1 Å². The van der Waals surface area contributed by atoms with Crippen LogP contribution in [0.15, 0.2) is 90.6 Å². The van der Waals surface area contributed by atoms with Gasteiger partial charge in [-0.15, -0.1) is 0 Å². The SMILES string of the molecule is O=C1C(NCCc2ccccc2)=C(c2ccccc2)C(=O)c2ccccc21. The molecule has 1 aliphatic rings. The molecule has 0 saturated heterocycles. The average molecular weight is 353 g/mol. The van der Waals surface area contributed by atoms with E-state index in [1.54, 1.807) is 24.3 Å². The summed E-state index contributed by atoms with van der Waals surface area (Å²) in [5, 5.41) is 3.25. The fraction of sp³-hybridized carbons (Fsp3) is 0.0833. The second-order valence-corrected chi connectivity index (χ2v) is 6.48. The minimum absolute atomic E-state index is 0.112. The van der Waals surface area contributed by atoms with Gasteiger partial charge in [-0.2, -0.15) is 0 Å². The number of Topliss-reactive ketones (excluding diaryl/α,β-unsaturated/α-hetero) is 2. The van der Waals surface area contributed by atoms with E-state index in [1.165, 1.54) is 5.56 Å². The summed E-state index contributed by atoms with van der Waals surface area (Å²) in [5.74, 6) is -0.240. The van der Waals surface area contributed by atoms with Gasteiger partial charge in [-0.05, 0) is 17.5 Å². The Hall–Kier alpha value is -3.46. The maximum atomic E-state index is 13.2. The highest BCUT2D eigenvalue weighted by Gasteiger charge is 2.32. The fourth-order valence-electron chi connectivity index (χ4n) is 3.40. The van der Waals surface area contributed by atoms with E-state index in [-0.39, 0.29) is 11.6 Å². The summed E-state index contributed by atoms with van der Waals surface area (Å²) in [4.78, 5) is 26.3. The number of hydrogen-bond acceptors (Lipinski definition) is 3. The number of fused-ring (bicyclic) bond motifs is 1. The van der Waals surface area contributed by atoms with E-state index in [2.05, 4.69) is 17.4 Å². The fourth-order valence-corrected chi connectivity index (χ4v) is 3.40. The number of carbonyl (C=O) groups is 2. The molecular weight excluding hydrogens is 334 g/mol. The molecule has 0 unspecified atom stereocenters. The van der Waals surface area contributed by atoms with Crippen molar-refractivity contribution in [3.63, 3.8) is 0 Å². The van der Waals surface area contributed by atoms with Crippen LogP contribution < -0.4 is 5.32 Å². The predicted octanol–water partition coefficient (Wildman–Crippen LogP) is 4.31. The van der Waals surface area contributed by atoms with Crippen LogP contribution in [0, 0.1) is 0 Å². The van der Waals surface area contributed by atoms with Crippen LogP contribution in [0.4, 0.5) is 0 Å². The topological polar surface area (TPSA) is 46.2 Å². The van der Waals surface area contributed by atoms with Crippen molar-refractivity contribution in [3.8, 4) is 0 Å². The number of rotatable bonds is 5. The van der Waals surface area contributed by atoms with Crippen molar-refractivity contribution in [2.24, 2.45) is 0 Å². The van der Waals surface area contributed by atoms with Gasteiger partial charge in [-0.25, -0.2) is 0 Å². The molecule has 4 rings (SSSR count). The Morgan fingerprint density at radius 1 is 0.630 bits per heavy atom. The van der Waals surface area contributed by atoms with Gasteiger partial charge < -0.3 is 5.32 Å². The first-order valence-electron chi connectivity index (χ1n) is 9.01. The molecule has 27 heavy (non-hydrogen) atoms. The van der Waals surface area contributed by atoms with Gasteiger partial charge >= 0.3 is 0 Å². The Morgan fingerprint density at radius 3 is 1.85 bits per heavy atom. The second kappa shape index (κ2) is 7.42. The molecular formula is C24H19NO2. The van der Waals surface area contributed by atoms with E-state index in [1.807, 2.05) is 48.5 Å². The molecule has 0 atom stereocenters.